The van der Waals surface area contributed by atoms with E-state index in [0.29, 0.717) is 36.5 Å². The number of hydrogen-bond acceptors (Lipinski definition) is 1. The first-order chi connectivity index (χ1) is 34.7. The first-order valence-electron chi connectivity index (χ1n) is 31.7. The minimum absolute atomic E-state index is 0.0182. The van der Waals surface area contributed by atoms with E-state index in [0.717, 1.165) is 103 Å². The van der Waals surface area contributed by atoms with Gasteiger partial charge >= 0.3 is 0 Å². The lowest BCUT2D eigenvalue weighted by Gasteiger charge is -2.34. The van der Waals surface area contributed by atoms with Gasteiger partial charge < -0.3 is 4.74 Å². The van der Waals surface area contributed by atoms with Crippen LogP contribution < -0.4 is 0 Å². The van der Waals surface area contributed by atoms with Gasteiger partial charge in [-0.15, -0.1) is 0 Å². The van der Waals surface area contributed by atoms with Gasteiger partial charge in [-0.1, -0.05) is 243 Å². The summed E-state index contributed by atoms with van der Waals surface area (Å²) in [4.78, 5) is 0. The monoisotopic (exact) mass is 1130 g/mol. The van der Waals surface area contributed by atoms with Crippen molar-refractivity contribution < 1.29 is 39.9 Å². The second-order valence-electron chi connectivity index (χ2n) is 28.2. The van der Waals surface area contributed by atoms with Crippen LogP contribution in [0.15, 0.2) is 0 Å². The summed E-state index contributed by atoms with van der Waals surface area (Å²) in [6, 6.07) is 0. The number of methoxy groups -OCH3 is 1. The molecular weight excluding hydrogens is 985 g/mol. The minimum atomic E-state index is -2.69. The molecule has 77 heavy (non-hydrogen) atoms. The van der Waals surface area contributed by atoms with E-state index >= 15 is 0 Å². The predicted molar refractivity (Wildman–Crippen MR) is 329 cm³/mol. The van der Waals surface area contributed by atoms with Crippen molar-refractivity contribution in [1.82, 2.24) is 0 Å². The lowest BCUT2D eigenvalue weighted by Crippen LogP contribution is -2.31. The van der Waals surface area contributed by atoms with Crippen LogP contribution in [0.5, 0.6) is 0 Å². The maximum absolute atomic E-state index is 13.8. The van der Waals surface area contributed by atoms with Gasteiger partial charge in [0.15, 0.2) is 0 Å². The van der Waals surface area contributed by atoms with Gasteiger partial charge in [0.05, 0.1) is 0 Å². The minimum Gasteiger partial charge on any atom is -0.378 e. The highest BCUT2D eigenvalue weighted by molar-refractivity contribution is 4.86. The van der Waals surface area contributed by atoms with Crippen LogP contribution in [0.25, 0.3) is 0 Å². The second-order valence-corrected chi connectivity index (χ2v) is 28.2. The Morgan fingerprint density at radius 1 is 0.260 bits per heavy atom. The maximum atomic E-state index is 13.8. The molecule has 9 heteroatoms. The molecule has 0 saturated carbocycles. The summed E-state index contributed by atoms with van der Waals surface area (Å²) >= 11 is 0. The lowest BCUT2D eigenvalue weighted by atomic mass is 9.71. The SMILES string of the molecule is CCCC(C)(CC)CC(C)(C)C.CCCC(C)(CC)CC(C)(F)CC.CCCC(C)(CC)CC(C)(F)CC.CCCC(C)(CC)CC(C)(F)F.CCCC(C)(CC)CC(F)(F)CC.CCCC(C)(CC)CC(F)(F)COC. The third-order valence-corrected chi connectivity index (χ3v) is 17.2. The molecule has 474 valence electrons. The molecule has 0 aliphatic rings. The van der Waals surface area contributed by atoms with Gasteiger partial charge in [0.1, 0.15) is 17.9 Å². The van der Waals surface area contributed by atoms with E-state index in [2.05, 4.69) is 94.7 Å². The van der Waals surface area contributed by atoms with Crippen LogP contribution in [0.1, 0.15) is 360 Å². The Morgan fingerprint density at radius 2 is 0.481 bits per heavy atom. The molecule has 0 saturated heterocycles. The third-order valence-electron chi connectivity index (χ3n) is 17.2. The molecule has 1 nitrogen and oxygen atoms in total. The Balaban J connectivity index is -0.000000197. The second kappa shape index (κ2) is 41.4. The molecule has 0 aromatic heterocycles. The van der Waals surface area contributed by atoms with Crippen molar-refractivity contribution in [3.8, 4) is 0 Å². The van der Waals surface area contributed by atoms with Gasteiger partial charge in [-0.3, -0.25) is 0 Å². The molecule has 0 rings (SSSR count). The molecular formula is C68H140F8O. The Morgan fingerprint density at radius 3 is 0.662 bits per heavy atom. The van der Waals surface area contributed by atoms with Gasteiger partial charge in [-0.25, -0.2) is 35.1 Å². The van der Waals surface area contributed by atoms with Crippen LogP contribution >= 0.6 is 0 Å². The summed E-state index contributed by atoms with van der Waals surface area (Å²) in [5.74, 6) is -7.67. The van der Waals surface area contributed by atoms with Gasteiger partial charge in [-0.05, 0) is 129 Å². The molecule has 0 aromatic carbocycles. The van der Waals surface area contributed by atoms with E-state index in [-0.39, 0.29) is 52.8 Å². The first kappa shape index (κ1) is 87.6. The van der Waals surface area contributed by atoms with Gasteiger partial charge in [-0.2, -0.15) is 0 Å². The van der Waals surface area contributed by atoms with Crippen LogP contribution in [0.4, 0.5) is 35.1 Å². The maximum Gasteiger partial charge on any atom is 0.271 e. The fourth-order valence-electron chi connectivity index (χ4n) is 11.7. The highest BCUT2D eigenvalue weighted by atomic mass is 19.3. The van der Waals surface area contributed by atoms with Crippen LogP contribution in [0, 0.1) is 37.9 Å². The van der Waals surface area contributed by atoms with E-state index in [1.54, 1.807) is 20.8 Å². The largest absolute Gasteiger partial charge is 0.378 e. The van der Waals surface area contributed by atoms with Crippen molar-refractivity contribution in [2.45, 2.75) is 389 Å². The van der Waals surface area contributed by atoms with E-state index in [1.807, 2.05) is 69.2 Å². The number of ether oxygens (including phenoxy) is 1. The Labute approximate surface area is 479 Å². The van der Waals surface area contributed by atoms with E-state index < -0.39 is 35.7 Å². The topological polar surface area (TPSA) is 9.23 Å². The quantitative estimate of drug-likeness (QED) is 0.0584. The molecule has 8 atom stereocenters. The van der Waals surface area contributed by atoms with Crippen LogP contribution in [0.2, 0.25) is 0 Å². The number of alkyl halides is 8. The zero-order valence-corrected chi connectivity index (χ0v) is 57.2. The number of halogens is 8. The lowest BCUT2D eigenvalue weighted by molar-refractivity contribution is -0.0953. The van der Waals surface area contributed by atoms with Gasteiger partial charge in [0, 0.05) is 32.8 Å². The van der Waals surface area contributed by atoms with E-state index in [1.165, 1.54) is 32.8 Å². The zero-order chi connectivity index (χ0) is 62.5. The Kier molecular flexibility index (Phi) is 47.1. The molecule has 0 aliphatic heterocycles. The van der Waals surface area contributed by atoms with Crippen LogP contribution in [0.3, 0.4) is 0 Å². The zero-order valence-electron chi connectivity index (χ0n) is 57.2. The summed E-state index contributed by atoms with van der Waals surface area (Å²) in [5.41, 5.74) is -1.08. The normalized spacial score (nSPS) is 18.4. The molecule has 0 spiro atoms. The fraction of sp³-hybridized carbons (Fsp3) is 1.00. The summed E-state index contributed by atoms with van der Waals surface area (Å²) < 4.78 is 111. The average molecular weight is 1130 g/mol. The smallest absolute Gasteiger partial charge is 0.271 e. The number of hydrogen-bond donors (Lipinski definition) is 0. The van der Waals surface area contributed by atoms with Crippen molar-refractivity contribution in [2.24, 2.45) is 37.9 Å². The average Bonchev–Trinajstić information content (AvgIpc) is 3.28. The van der Waals surface area contributed by atoms with Gasteiger partial charge in [0.25, 0.3) is 5.92 Å². The van der Waals surface area contributed by atoms with E-state index in [9.17, 15) is 35.1 Å². The molecule has 0 amide bonds. The predicted octanol–water partition coefficient (Wildman–Crippen LogP) is 26.9. The first-order valence-corrected chi connectivity index (χ1v) is 31.7. The molecule has 0 fully saturated rings. The molecule has 0 aromatic rings. The molecule has 0 N–H and O–H groups in total. The third kappa shape index (κ3) is 49.7. The molecule has 0 bridgehead atoms. The Hall–Kier alpha value is -0.600. The van der Waals surface area contributed by atoms with Crippen LogP contribution in [-0.4, -0.2) is 42.8 Å². The molecule has 8 unspecified atom stereocenters. The highest BCUT2D eigenvalue weighted by Gasteiger charge is 2.39. The summed E-state index contributed by atoms with van der Waals surface area (Å²) in [6.45, 7) is 54.6. The molecule has 0 heterocycles. The van der Waals surface area contributed by atoms with Crippen molar-refractivity contribution >= 4 is 0 Å². The summed E-state index contributed by atoms with van der Waals surface area (Å²) in [5, 5.41) is 0. The standard InChI is InChI=1S/2C12H25F.C12H26.C11H22F2O.C11H22F2.C10H20F2/c2*1-6-9-11(4,7-2)10-12(5,13)8-3;1-7-9-12(6,8-2)10-11(3,4)5;1-5-7-10(3,6-2)8-11(12,13)9-14-4;1-5-8-10(4,6-2)9-11(12,13)7-3;1-5-7-9(3,6-2)8-10(4,11)12/h2*6-10H2,1-5H3;7-10H2,1-6H3;5-9H2,1-4H3;5-9H2,1-4H3;5-8H2,1-4H3. The van der Waals surface area contributed by atoms with Crippen molar-refractivity contribution in [3.05, 3.63) is 0 Å². The summed E-state index contributed by atoms with van der Waals surface area (Å²) in [6.07, 6.45) is 22.8. The molecule has 0 radical (unpaired) electrons. The van der Waals surface area contributed by atoms with E-state index in [4.69, 9.17) is 0 Å². The van der Waals surface area contributed by atoms with Gasteiger partial charge in [0.2, 0.25) is 11.8 Å². The van der Waals surface area contributed by atoms with Crippen LogP contribution in [-0.2, 0) is 4.74 Å². The van der Waals surface area contributed by atoms with Crippen molar-refractivity contribution in [1.29, 1.82) is 0 Å². The van der Waals surface area contributed by atoms with Crippen molar-refractivity contribution in [2.75, 3.05) is 13.7 Å². The number of rotatable bonds is 34. The fourth-order valence-corrected chi connectivity index (χ4v) is 11.7. The Bertz CT molecular complexity index is 1240. The summed E-state index contributed by atoms with van der Waals surface area (Å²) in [7, 11) is 1.32. The highest BCUT2D eigenvalue weighted by Crippen LogP contribution is 2.44. The van der Waals surface area contributed by atoms with Crippen molar-refractivity contribution in [3.63, 3.8) is 0 Å². The molecule has 0 aliphatic carbocycles.